The van der Waals surface area contributed by atoms with Crippen molar-refractivity contribution in [2.24, 2.45) is 0 Å². The van der Waals surface area contributed by atoms with Gasteiger partial charge in [-0.15, -0.1) is 0 Å². The van der Waals surface area contributed by atoms with Crippen molar-refractivity contribution in [3.63, 3.8) is 0 Å². The summed E-state index contributed by atoms with van der Waals surface area (Å²) >= 11 is 0. The van der Waals surface area contributed by atoms with Gasteiger partial charge >= 0.3 is 0 Å². The van der Waals surface area contributed by atoms with E-state index in [0.717, 1.165) is 45.9 Å². The molecule has 1 saturated heterocycles. The van der Waals surface area contributed by atoms with Gasteiger partial charge in [0.25, 0.3) is 0 Å². The van der Waals surface area contributed by atoms with Crippen molar-refractivity contribution in [2.75, 3.05) is 59.6 Å². The molecule has 0 radical (unpaired) electrons. The lowest BCUT2D eigenvalue weighted by Gasteiger charge is -2.27. The minimum Gasteiger partial charge on any atom is -0.395 e. The Balaban J connectivity index is 1.96. The van der Waals surface area contributed by atoms with E-state index < -0.39 is 0 Å². The first-order chi connectivity index (χ1) is 6.83. The number of aliphatic hydroxyl groups excluding tert-OH is 1. The summed E-state index contributed by atoms with van der Waals surface area (Å²) in [6.45, 7) is 7.17. The van der Waals surface area contributed by atoms with Gasteiger partial charge in [-0.05, 0) is 26.6 Å². The van der Waals surface area contributed by atoms with Crippen molar-refractivity contribution in [3.8, 4) is 0 Å². The highest BCUT2D eigenvalue weighted by molar-refractivity contribution is 4.62. The van der Waals surface area contributed by atoms with Gasteiger partial charge in [0.2, 0.25) is 0 Å². The molecular formula is C10H22N2O2. The molecule has 0 aromatic carbocycles. The average Bonchev–Trinajstić information content (AvgIpc) is 2.20. The standard InChI is InChI=1S/C10H22N2O2/c1-11(5-8-13)3-2-4-12-6-9-14-10-7-12/h13H,2-10H2,1H3. The normalized spacial score (nSPS) is 19.1. The van der Waals surface area contributed by atoms with Crippen LogP contribution < -0.4 is 0 Å². The third kappa shape index (κ3) is 4.91. The first-order valence-electron chi connectivity index (χ1n) is 5.42. The minimum absolute atomic E-state index is 0.258. The van der Waals surface area contributed by atoms with E-state index in [-0.39, 0.29) is 6.61 Å². The van der Waals surface area contributed by atoms with Gasteiger partial charge in [0.15, 0.2) is 0 Å². The number of hydrogen-bond acceptors (Lipinski definition) is 4. The fourth-order valence-electron chi connectivity index (χ4n) is 1.67. The van der Waals surface area contributed by atoms with Crippen LogP contribution in [0.5, 0.6) is 0 Å². The zero-order valence-electron chi connectivity index (χ0n) is 9.11. The highest BCUT2D eigenvalue weighted by Crippen LogP contribution is 1.98. The molecule has 4 heteroatoms. The summed E-state index contributed by atoms with van der Waals surface area (Å²) in [5, 5.41) is 8.72. The molecule has 0 saturated carbocycles. The van der Waals surface area contributed by atoms with Gasteiger partial charge in [-0.1, -0.05) is 0 Å². The van der Waals surface area contributed by atoms with Crippen molar-refractivity contribution >= 4 is 0 Å². The molecule has 0 bridgehead atoms. The Hall–Kier alpha value is -0.160. The van der Waals surface area contributed by atoms with Crippen LogP contribution in [0, 0.1) is 0 Å². The summed E-state index contributed by atoms with van der Waals surface area (Å²) in [5.74, 6) is 0. The van der Waals surface area contributed by atoms with E-state index in [1.165, 1.54) is 6.42 Å². The molecular weight excluding hydrogens is 180 g/mol. The van der Waals surface area contributed by atoms with Crippen molar-refractivity contribution < 1.29 is 9.84 Å². The molecule has 0 aromatic heterocycles. The summed E-state index contributed by atoms with van der Waals surface area (Å²) in [6, 6.07) is 0. The third-order valence-corrected chi connectivity index (χ3v) is 2.60. The molecule has 0 aliphatic carbocycles. The zero-order chi connectivity index (χ0) is 10.2. The lowest BCUT2D eigenvalue weighted by Crippen LogP contribution is -2.38. The van der Waals surface area contributed by atoms with Crippen LogP contribution in [0.25, 0.3) is 0 Å². The van der Waals surface area contributed by atoms with E-state index in [0.29, 0.717) is 0 Å². The van der Waals surface area contributed by atoms with Gasteiger partial charge in [-0.25, -0.2) is 0 Å². The van der Waals surface area contributed by atoms with Crippen LogP contribution >= 0.6 is 0 Å². The van der Waals surface area contributed by atoms with Crippen molar-refractivity contribution in [3.05, 3.63) is 0 Å². The Bertz CT molecular complexity index is 138. The second-order valence-electron chi connectivity index (χ2n) is 3.83. The van der Waals surface area contributed by atoms with Crippen LogP contribution in [-0.4, -0.2) is 74.5 Å². The third-order valence-electron chi connectivity index (χ3n) is 2.60. The van der Waals surface area contributed by atoms with Crippen LogP contribution in [0.1, 0.15) is 6.42 Å². The molecule has 1 fully saturated rings. The van der Waals surface area contributed by atoms with Gasteiger partial charge in [0.1, 0.15) is 0 Å². The van der Waals surface area contributed by atoms with Gasteiger partial charge in [0, 0.05) is 19.6 Å². The highest BCUT2D eigenvalue weighted by atomic mass is 16.5. The van der Waals surface area contributed by atoms with Gasteiger partial charge in [-0.3, -0.25) is 4.90 Å². The second-order valence-corrected chi connectivity index (χ2v) is 3.83. The van der Waals surface area contributed by atoms with Crippen LogP contribution in [0.4, 0.5) is 0 Å². The molecule has 4 nitrogen and oxygen atoms in total. The van der Waals surface area contributed by atoms with Crippen molar-refractivity contribution in [1.82, 2.24) is 9.80 Å². The smallest absolute Gasteiger partial charge is 0.0594 e. The van der Waals surface area contributed by atoms with Gasteiger partial charge < -0.3 is 14.7 Å². The number of morpholine rings is 1. The van der Waals surface area contributed by atoms with E-state index in [1.54, 1.807) is 0 Å². The number of likely N-dealkylation sites (N-methyl/N-ethyl adjacent to an activating group) is 1. The molecule has 0 unspecified atom stereocenters. The Morgan fingerprint density at radius 1 is 1.29 bits per heavy atom. The van der Waals surface area contributed by atoms with E-state index in [4.69, 9.17) is 9.84 Å². The van der Waals surface area contributed by atoms with Crippen LogP contribution in [-0.2, 0) is 4.74 Å². The van der Waals surface area contributed by atoms with E-state index in [9.17, 15) is 0 Å². The molecule has 0 spiro atoms. The first kappa shape index (κ1) is 11.9. The maximum atomic E-state index is 8.72. The molecule has 1 N–H and O–H groups in total. The molecule has 1 rings (SSSR count). The Kier molecular flexibility index (Phi) is 6.10. The van der Waals surface area contributed by atoms with Gasteiger partial charge in [-0.2, -0.15) is 0 Å². The number of rotatable bonds is 6. The number of ether oxygens (including phenoxy) is 1. The fourth-order valence-corrected chi connectivity index (χ4v) is 1.67. The predicted molar refractivity (Wildman–Crippen MR) is 56.5 cm³/mol. The minimum atomic E-state index is 0.258. The summed E-state index contributed by atoms with van der Waals surface area (Å²) in [4.78, 5) is 4.61. The van der Waals surface area contributed by atoms with E-state index in [2.05, 4.69) is 16.8 Å². The Morgan fingerprint density at radius 2 is 2.00 bits per heavy atom. The van der Waals surface area contributed by atoms with Crippen LogP contribution in [0.15, 0.2) is 0 Å². The molecule has 1 aliphatic rings. The van der Waals surface area contributed by atoms with Gasteiger partial charge in [0.05, 0.1) is 19.8 Å². The molecule has 1 aliphatic heterocycles. The van der Waals surface area contributed by atoms with Crippen molar-refractivity contribution in [2.45, 2.75) is 6.42 Å². The molecule has 0 amide bonds. The zero-order valence-corrected chi connectivity index (χ0v) is 9.11. The average molecular weight is 202 g/mol. The first-order valence-corrected chi connectivity index (χ1v) is 5.42. The molecule has 1 heterocycles. The highest BCUT2D eigenvalue weighted by Gasteiger charge is 2.09. The summed E-state index contributed by atoms with van der Waals surface area (Å²) in [7, 11) is 2.05. The quantitative estimate of drug-likeness (QED) is 0.638. The number of hydrogen-bond donors (Lipinski definition) is 1. The molecule has 14 heavy (non-hydrogen) atoms. The van der Waals surface area contributed by atoms with Crippen molar-refractivity contribution in [1.29, 1.82) is 0 Å². The Morgan fingerprint density at radius 3 is 2.64 bits per heavy atom. The molecule has 0 aromatic rings. The molecule has 84 valence electrons. The monoisotopic (exact) mass is 202 g/mol. The van der Waals surface area contributed by atoms with E-state index in [1.807, 2.05) is 0 Å². The second kappa shape index (κ2) is 7.17. The summed E-state index contributed by atoms with van der Waals surface area (Å²) < 4.78 is 5.28. The SMILES string of the molecule is CN(CCO)CCCN1CCOCC1. The fraction of sp³-hybridized carbons (Fsp3) is 1.00. The predicted octanol–water partition coefficient (Wildman–Crippen LogP) is -0.367. The van der Waals surface area contributed by atoms with Crippen LogP contribution in [0.2, 0.25) is 0 Å². The number of nitrogens with zero attached hydrogens (tertiary/aromatic N) is 2. The Labute approximate surface area is 86.4 Å². The topological polar surface area (TPSA) is 35.9 Å². The lowest BCUT2D eigenvalue weighted by atomic mass is 10.3. The summed E-state index contributed by atoms with van der Waals surface area (Å²) in [6.07, 6.45) is 1.18. The molecule has 0 atom stereocenters. The maximum Gasteiger partial charge on any atom is 0.0594 e. The maximum absolute atomic E-state index is 8.72. The number of aliphatic hydroxyl groups is 1. The largest absolute Gasteiger partial charge is 0.395 e. The van der Waals surface area contributed by atoms with E-state index >= 15 is 0 Å². The van der Waals surface area contributed by atoms with Crippen LogP contribution in [0.3, 0.4) is 0 Å². The summed E-state index contributed by atoms with van der Waals surface area (Å²) in [5.41, 5.74) is 0. The lowest BCUT2D eigenvalue weighted by molar-refractivity contribution is 0.0363.